The molecular weight excluding hydrogens is 272 g/mol. The van der Waals surface area contributed by atoms with Gasteiger partial charge in [0.25, 0.3) is 0 Å². The van der Waals surface area contributed by atoms with Crippen molar-refractivity contribution in [1.82, 2.24) is 4.90 Å². The minimum Gasteiger partial charge on any atom is -0.507 e. The van der Waals surface area contributed by atoms with Gasteiger partial charge in [-0.25, -0.2) is 9.59 Å². The van der Waals surface area contributed by atoms with Gasteiger partial charge in [0, 0.05) is 24.8 Å². The van der Waals surface area contributed by atoms with Crippen LogP contribution in [0.5, 0.6) is 5.75 Å². The zero-order valence-electron chi connectivity index (χ0n) is 12.8. The van der Waals surface area contributed by atoms with E-state index in [0.29, 0.717) is 11.6 Å². The van der Waals surface area contributed by atoms with Crippen LogP contribution in [-0.4, -0.2) is 40.2 Å². The summed E-state index contributed by atoms with van der Waals surface area (Å²) in [5.41, 5.74) is 0.153. The summed E-state index contributed by atoms with van der Waals surface area (Å²) in [5, 5.41) is 21.1. The summed E-state index contributed by atoms with van der Waals surface area (Å²) in [6.45, 7) is 6.14. The molecule has 1 atom stereocenters. The number of amides is 2. The maximum absolute atomic E-state index is 12.1. The normalized spacial score (nSPS) is 12.0. The number of nitrogens with one attached hydrogen (secondary N) is 1. The molecule has 6 nitrogen and oxygen atoms in total. The van der Waals surface area contributed by atoms with Crippen molar-refractivity contribution in [2.75, 3.05) is 12.4 Å². The van der Waals surface area contributed by atoms with Gasteiger partial charge in [-0.1, -0.05) is 13.8 Å². The van der Waals surface area contributed by atoms with Gasteiger partial charge in [-0.15, -0.1) is 0 Å². The maximum Gasteiger partial charge on any atom is 0.339 e. The van der Waals surface area contributed by atoms with E-state index in [2.05, 4.69) is 19.2 Å². The lowest BCUT2D eigenvalue weighted by atomic mass is 10.0. The molecule has 2 amide bonds. The van der Waals surface area contributed by atoms with Gasteiger partial charge in [0.1, 0.15) is 11.3 Å². The number of carbonyl (C=O) groups excluding carboxylic acids is 1. The molecule has 0 saturated heterocycles. The Morgan fingerprint density at radius 3 is 2.38 bits per heavy atom. The summed E-state index contributed by atoms with van der Waals surface area (Å²) in [7, 11) is 1.70. The Labute approximate surface area is 124 Å². The quantitative estimate of drug-likeness (QED) is 0.778. The highest BCUT2D eigenvalue weighted by atomic mass is 16.4. The van der Waals surface area contributed by atoms with E-state index >= 15 is 0 Å². The highest BCUT2D eigenvalue weighted by Gasteiger charge is 2.17. The fraction of sp³-hybridized carbons (Fsp3) is 0.467. The molecule has 0 aromatic heterocycles. The van der Waals surface area contributed by atoms with E-state index in [9.17, 15) is 14.7 Å². The second kappa shape index (κ2) is 6.97. The molecule has 0 fully saturated rings. The topological polar surface area (TPSA) is 89.9 Å². The van der Waals surface area contributed by atoms with Crippen molar-refractivity contribution in [3.8, 4) is 5.75 Å². The maximum atomic E-state index is 12.1. The zero-order chi connectivity index (χ0) is 16.2. The van der Waals surface area contributed by atoms with E-state index in [-0.39, 0.29) is 23.4 Å². The van der Waals surface area contributed by atoms with Crippen LogP contribution in [0.4, 0.5) is 10.5 Å². The third kappa shape index (κ3) is 4.66. The summed E-state index contributed by atoms with van der Waals surface area (Å²) < 4.78 is 0. The van der Waals surface area contributed by atoms with Crippen LogP contribution in [0.3, 0.4) is 0 Å². The van der Waals surface area contributed by atoms with Gasteiger partial charge in [0.15, 0.2) is 0 Å². The second-order valence-corrected chi connectivity index (χ2v) is 5.56. The number of anilines is 1. The van der Waals surface area contributed by atoms with Gasteiger partial charge >= 0.3 is 12.0 Å². The van der Waals surface area contributed by atoms with E-state index in [4.69, 9.17) is 5.11 Å². The predicted molar refractivity (Wildman–Crippen MR) is 80.8 cm³/mol. The Kier molecular flexibility index (Phi) is 5.58. The molecule has 0 saturated carbocycles. The number of hydrogen-bond acceptors (Lipinski definition) is 3. The number of carbonyl (C=O) groups is 2. The van der Waals surface area contributed by atoms with Crippen LogP contribution in [0, 0.1) is 5.92 Å². The van der Waals surface area contributed by atoms with Crippen LogP contribution in [0.1, 0.15) is 37.6 Å². The lowest BCUT2D eigenvalue weighted by molar-refractivity contribution is 0.0694. The molecule has 1 aromatic carbocycles. The van der Waals surface area contributed by atoms with Crippen molar-refractivity contribution in [1.29, 1.82) is 0 Å². The lowest BCUT2D eigenvalue weighted by Gasteiger charge is -2.26. The second-order valence-electron chi connectivity index (χ2n) is 5.56. The molecule has 116 valence electrons. The molecule has 0 heterocycles. The highest BCUT2D eigenvalue weighted by Crippen LogP contribution is 2.22. The van der Waals surface area contributed by atoms with Gasteiger partial charge in [-0.2, -0.15) is 0 Å². The van der Waals surface area contributed by atoms with Gasteiger partial charge in [-0.05, 0) is 31.4 Å². The Hall–Kier alpha value is -2.24. The number of carboxylic acid groups (broad SMARTS) is 1. The zero-order valence-corrected chi connectivity index (χ0v) is 12.8. The van der Waals surface area contributed by atoms with Gasteiger partial charge in [-0.3, -0.25) is 0 Å². The summed E-state index contributed by atoms with van der Waals surface area (Å²) >= 11 is 0. The van der Waals surface area contributed by atoms with E-state index in [0.717, 1.165) is 6.42 Å². The Bertz CT molecular complexity index is 528. The molecule has 0 spiro atoms. The average Bonchev–Trinajstić information content (AvgIpc) is 2.36. The minimum atomic E-state index is -1.21. The fourth-order valence-electron chi connectivity index (χ4n) is 2.04. The van der Waals surface area contributed by atoms with Crippen molar-refractivity contribution >= 4 is 17.7 Å². The van der Waals surface area contributed by atoms with E-state index in [1.54, 1.807) is 11.9 Å². The summed E-state index contributed by atoms with van der Waals surface area (Å²) in [6.07, 6.45) is 0.882. The molecule has 0 aliphatic carbocycles. The van der Waals surface area contributed by atoms with Gasteiger partial charge < -0.3 is 20.4 Å². The number of aromatic carboxylic acids is 1. The smallest absolute Gasteiger partial charge is 0.339 e. The summed E-state index contributed by atoms with van der Waals surface area (Å²) in [6, 6.07) is 3.71. The molecular formula is C15H22N2O4. The monoisotopic (exact) mass is 294 g/mol. The Balaban J connectivity index is 2.75. The first-order valence-electron chi connectivity index (χ1n) is 6.82. The van der Waals surface area contributed by atoms with Crippen LogP contribution >= 0.6 is 0 Å². The number of rotatable bonds is 5. The van der Waals surface area contributed by atoms with Crippen LogP contribution in [-0.2, 0) is 0 Å². The third-order valence-corrected chi connectivity index (χ3v) is 3.27. The third-order valence-electron chi connectivity index (χ3n) is 3.27. The Morgan fingerprint density at radius 2 is 1.90 bits per heavy atom. The van der Waals surface area contributed by atoms with Gasteiger partial charge in [0.05, 0.1) is 0 Å². The first kappa shape index (κ1) is 16.8. The molecule has 3 N–H and O–H groups in total. The molecule has 0 aliphatic rings. The number of phenols is 1. The Morgan fingerprint density at radius 1 is 1.29 bits per heavy atom. The first-order valence-corrected chi connectivity index (χ1v) is 6.82. The van der Waals surface area contributed by atoms with Crippen molar-refractivity contribution in [3.63, 3.8) is 0 Å². The van der Waals surface area contributed by atoms with Crippen LogP contribution in [0.15, 0.2) is 18.2 Å². The molecule has 1 unspecified atom stereocenters. The van der Waals surface area contributed by atoms with Crippen molar-refractivity contribution in [3.05, 3.63) is 23.8 Å². The van der Waals surface area contributed by atoms with E-state index in [1.165, 1.54) is 18.2 Å². The first-order chi connectivity index (χ1) is 9.72. The number of hydrogen-bond donors (Lipinski definition) is 3. The van der Waals surface area contributed by atoms with Crippen molar-refractivity contribution < 1.29 is 19.8 Å². The molecule has 1 rings (SSSR count). The average molecular weight is 294 g/mol. The molecule has 0 radical (unpaired) electrons. The number of nitrogens with zero attached hydrogens (tertiary/aromatic N) is 1. The fourth-order valence-corrected chi connectivity index (χ4v) is 2.04. The summed E-state index contributed by atoms with van der Waals surface area (Å²) in [5.74, 6) is -1.11. The summed E-state index contributed by atoms with van der Waals surface area (Å²) in [4.78, 5) is 24.5. The lowest BCUT2D eigenvalue weighted by Crippen LogP contribution is -2.38. The van der Waals surface area contributed by atoms with Crippen molar-refractivity contribution in [2.45, 2.75) is 33.2 Å². The molecule has 21 heavy (non-hydrogen) atoms. The largest absolute Gasteiger partial charge is 0.507 e. The molecule has 0 aliphatic heterocycles. The molecule has 1 aromatic rings. The van der Waals surface area contributed by atoms with Crippen LogP contribution in [0.2, 0.25) is 0 Å². The van der Waals surface area contributed by atoms with Crippen molar-refractivity contribution in [2.24, 2.45) is 5.92 Å². The molecule has 0 bridgehead atoms. The highest BCUT2D eigenvalue weighted by molar-refractivity contribution is 5.93. The van der Waals surface area contributed by atoms with Gasteiger partial charge in [0.2, 0.25) is 0 Å². The number of aromatic hydroxyl groups is 1. The predicted octanol–water partition coefficient (Wildman–Crippen LogP) is 2.99. The SMILES string of the molecule is CC(C)CC(C)N(C)C(=O)Nc1ccc(C(=O)O)c(O)c1. The minimum absolute atomic E-state index is 0.0805. The van der Waals surface area contributed by atoms with Crippen LogP contribution in [0.25, 0.3) is 0 Å². The number of urea groups is 1. The standard InChI is InChI=1S/C15H22N2O4/c1-9(2)7-10(3)17(4)15(21)16-11-5-6-12(14(19)20)13(18)8-11/h5-6,8-10,18H,7H2,1-4H3,(H,16,21)(H,19,20). The number of carboxylic acids is 1. The molecule has 6 heteroatoms. The van der Waals surface area contributed by atoms with E-state index < -0.39 is 5.97 Å². The van der Waals surface area contributed by atoms with E-state index in [1.807, 2.05) is 6.92 Å². The van der Waals surface area contributed by atoms with Crippen LogP contribution < -0.4 is 5.32 Å². The number of benzene rings is 1.